The minimum absolute atomic E-state index is 0.687. The van der Waals surface area contributed by atoms with Crippen molar-refractivity contribution >= 4 is 17.4 Å². The molecule has 2 aromatic carbocycles. The molecule has 0 amide bonds. The lowest BCUT2D eigenvalue weighted by molar-refractivity contribution is 0.249. The second-order valence-corrected chi connectivity index (χ2v) is 7.62. The fourth-order valence-corrected chi connectivity index (χ4v) is 3.57. The van der Waals surface area contributed by atoms with Crippen LogP contribution in [0.1, 0.15) is 22.4 Å². The van der Waals surface area contributed by atoms with Gasteiger partial charge >= 0.3 is 0 Å². The smallest absolute Gasteiger partial charge is 0.147 e. The predicted molar refractivity (Wildman–Crippen MR) is 118 cm³/mol. The summed E-state index contributed by atoms with van der Waals surface area (Å²) in [7, 11) is 0. The number of halogens is 1. The van der Waals surface area contributed by atoms with E-state index in [1.165, 1.54) is 5.56 Å². The average Bonchev–Trinajstić information content (AvgIpc) is 2.75. The first kappa shape index (κ1) is 19.4. The molecule has 1 fully saturated rings. The Morgan fingerprint density at radius 1 is 0.931 bits per heavy atom. The molecule has 0 bridgehead atoms. The fraction of sp³-hybridized carbons (Fsp3) is 0.250. The van der Waals surface area contributed by atoms with Crippen LogP contribution >= 0.6 is 11.6 Å². The Morgan fingerprint density at radius 2 is 1.76 bits per heavy atom. The summed E-state index contributed by atoms with van der Waals surface area (Å²) in [5, 5.41) is 0.687. The minimum Gasteiger partial charge on any atom is -0.353 e. The second kappa shape index (κ2) is 9.09. The predicted octanol–water partition coefficient (Wildman–Crippen LogP) is 4.16. The lowest BCUT2D eigenvalue weighted by atomic mass is 10.1. The van der Waals surface area contributed by atoms with Crippen LogP contribution < -0.4 is 4.90 Å². The third-order valence-corrected chi connectivity index (χ3v) is 5.34. The first-order valence-electron chi connectivity index (χ1n) is 9.79. The average molecular weight is 403 g/mol. The summed E-state index contributed by atoms with van der Waals surface area (Å²) in [6.07, 6.45) is 3.70. The van der Waals surface area contributed by atoms with E-state index in [1.807, 2.05) is 49.6 Å². The van der Waals surface area contributed by atoms with E-state index in [2.05, 4.69) is 49.8 Å². The second-order valence-electron chi connectivity index (χ2n) is 7.21. The van der Waals surface area contributed by atoms with Crippen molar-refractivity contribution in [2.45, 2.75) is 13.5 Å². The molecule has 1 aliphatic rings. The van der Waals surface area contributed by atoms with Gasteiger partial charge in [-0.05, 0) is 36.8 Å². The summed E-state index contributed by atoms with van der Waals surface area (Å²) in [5.41, 5.74) is 4.09. The largest absolute Gasteiger partial charge is 0.353 e. The van der Waals surface area contributed by atoms with Crippen molar-refractivity contribution in [2.24, 2.45) is 0 Å². The van der Waals surface area contributed by atoms with E-state index in [0.717, 1.165) is 55.4 Å². The van der Waals surface area contributed by atoms with Gasteiger partial charge in [0.25, 0.3) is 0 Å². The van der Waals surface area contributed by atoms with Gasteiger partial charge in [-0.25, -0.2) is 4.98 Å². The van der Waals surface area contributed by atoms with E-state index in [9.17, 15) is 0 Å². The van der Waals surface area contributed by atoms with Crippen LogP contribution in [0, 0.1) is 18.8 Å². The summed E-state index contributed by atoms with van der Waals surface area (Å²) in [6, 6.07) is 16.1. The quantitative estimate of drug-likeness (QED) is 0.616. The van der Waals surface area contributed by atoms with E-state index in [-0.39, 0.29) is 0 Å². The Bertz CT molecular complexity index is 1030. The molecule has 0 N–H and O–H groups in total. The first-order valence-corrected chi connectivity index (χ1v) is 10.2. The van der Waals surface area contributed by atoms with Crippen molar-refractivity contribution in [1.82, 2.24) is 14.9 Å². The molecule has 0 atom stereocenters. The van der Waals surface area contributed by atoms with Crippen LogP contribution in [-0.4, -0.2) is 41.0 Å². The molecule has 5 heteroatoms. The monoisotopic (exact) mass is 402 g/mol. The Morgan fingerprint density at radius 3 is 2.52 bits per heavy atom. The lowest BCUT2D eigenvalue weighted by Crippen LogP contribution is -2.46. The first-order chi connectivity index (χ1) is 14.2. The Balaban J connectivity index is 1.37. The molecule has 29 heavy (non-hydrogen) atoms. The van der Waals surface area contributed by atoms with Gasteiger partial charge in [0.2, 0.25) is 0 Å². The molecule has 0 saturated carbocycles. The Labute approximate surface area is 177 Å². The third kappa shape index (κ3) is 5.14. The summed E-state index contributed by atoms with van der Waals surface area (Å²) in [5.74, 6) is 7.37. The number of aryl methyl sites for hydroxylation is 1. The van der Waals surface area contributed by atoms with Crippen molar-refractivity contribution in [3.63, 3.8) is 0 Å². The van der Waals surface area contributed by atoms with Crippen LogP contribution in [0.25, 0.3) is 0 Å². The van der Waals surface area contributed by atoms with Gasteiger partial charge in [0.15, 0.2) is 0 Å². The van der Waals surface area contributed by atoms with Gasteiger partial charge in [-0.15, -0.1) is 0 Å². The van der Waals surface area contributed by atoms with Crippen LogP contribution in [0.2, 0.25) is 5.02 Å². The maximum Gasteiger partial charge on any atom is 0.147 e. The zero-order valence-corrected chi connectivity index (χ0v) is 17.2. The molecule has 146 valence electrons. The van der Waals surface area contributed by atoms with Crippen molar-refractivity contribution in [2.75, 3.05) is 31.1 Å². The molecular weight excluding hydrogens is 380 g/mol. The molecule has 4 nitrogen and oxygen atoms in total. The number of rotatable bonds is 3. The topological polar surface area (TPSA) is 32.3 Å². The Hall–Kier alpha value is -2.87. The molecule has 3 aromatic rings. The molecule has 1 aromatic heterocycles. The molecule has 1 aliphatic heterocycles. The zero-order chi connectivity index (χ0) is 20.1. The van der Waals surface area contributed by atoms with E-state index < -0.39 is 0 Å². The zero-order valence-electron chi connectivity index (χ0n) is 16.5. The molecule has 0 spiro atoms. The van der Waals surface area contributed by atoms with E-state index >= 15 is 0 Å². The van der Waals surface area contributed by atoms with Crippen molar-refractivity contribution in [3.8, 4) is 11.8 Å². The van der Waals surface area contributed by atoms with E-state index in [1.54, 1.807) is 0 Å². The molecule has 4 rings (SSSR count). The van der Waals surface area contributed by atoms with Gasteiger partial charge in [0, 0.05) is 43.9 Å². The number of piperazine rings is 1. The molecule has 2 heterocycles. The normalized spacial score (nSPS) is 14.3. The van der Waals surface area contributed by atoms with Crippen molar-refractivity contribution in [3.05, 3.63) is 88.3 Å². The summed E-state index contributed by atoms with van der Waals surface area (Å²) >= 11 is 6.19. The van der Waals surface area contributed by atoms with Crippen LogP contribution in [-0.2, 0) is 6.54 Å². The van der Waals surface area contributed by atoms with Gasteiger partial charge in [0.05, 0.1) is 23.1 Å². The van der Waals surface area contributed by atoms with Gasteiger partial charge < -0.3 is 4.90 Å². The third-order valence-electron chi connectivity index (χ3n) is 5.01. The highest BCUT2D eigenvalue weighted by molar-refractivity contribution is 6.31. The molecule has 0 unspecified atom stereocenters. The highest BCUT2D eigenvalue weighted by atomic mass is 35.5. The van der Waals surface area contributed by atoms with Crippen LogP contribution in [0.4, 0.5) is 5.82 Å². The number of anilines is 1. The highest BCUT2D eigenvalue weighted by Crippen LogP contribution is 2.16. The minimum atomic E-state index is 0.687. The maximum absolute atomic E-state index is 6.19. The number of nitrogens with zero attached hydrogens (tertiary/aromatic N) is 4. The summed E-state index contributed by atoms with van der Waals surface area (Å²) in [6.45, 7) is 6.82. The van der Waals surface area contributed by atoms with Crippen molar-refractivity contribution < 1.29 is 0 Å². The van der Waals surface area contributed by atoms with Crippen LogP contribution in [0.3, 0.4) is 0 Å². The van der Waals surface area contributed by atoms with E-state index in [4.69, 9.17) is 11.6 Å². The number of hydrogen-bond donors (Lipinski definition) is 0. The number of benzene rings is 2. The SMILES string of the molecule is Cc1cnc(N2CCN(Cc3cccc(C#Cc4ccccc4Cl)c3)CC2)cn1. The molecular formula is C24H23ClN4. The summed E-state index contributed by atoms with van der Waals surface area (Å²) < 4.78 is 0. The standard InChI is InChI=1S/C24H23ClN4/c1-19-16-27-24(17-26-19)29-13-11-28(12-14-29)18-21-6-4-5-20(15-21)9-10-22-7-2-3-8-23(22)25/h2-8,15-17H,11-14,18H2,1H3. The molecule has 0 aliphatic carbocycles. The van der Waals surface area contributed by atoms with Crippen LogP contribution in [0.15, 0.2) is 60.9 Å². The fourth-order valence-electron chi connectivity index (χ4n) is 3.39. The van der Waals surface area contributed by atoms with Gasteiger partial charge in [-0.3, -0.25) is 9.88 Å². The molecule has 0 radical (unpaired) electrons. The Kier molecular flexibility index (Phi) is 6.09. The van der Waals surface area contributed by atoms with Gasteiger partial charge in [-0.1, -0.05) is 47.7 Å². The van der Waals surface area contributed by atoms with Gasteiger partial charge in [-0.2, -0.15) is 0 Å². The summed E-state index contributed by atoms with van der Waals surface area (Å²) in [4.78, 5) is 13.6. The lowest BCUT2D eigenvalue weighted by Gasteiger charge is -2.35. The van der Waals surface area contributed by atoms with Crippen molar-refractivity contribution in [1.29, 1.82) is 0 Å². The highest BCUT2D eigenvalue weighted by Gasteiger charge is 2.18. The van der Waals surface area contributed by atoms with Gasteiger partial charge in [0.1, 0.15) is 5.82 Å². The number of aromatic nitrogens is 2. The van der Waals surface area contributed by atoms with E-state index in [0.29, 0.717) is 5.02 Å². The number of hydrogen-bond acceptors (Lipinski definition) is 4. The maximum atomic E-state index is 6.19. The molecule has 1 saturated heterocycles. The van der Waals surface area contributed by atoms with Crippen LogP contribution in [0.5, 0.6) is 0 Å².